The number of rotatable bonds is 8. The Labute approximate surface area is 107 Å². The summed E-state index contributed by atoms with van der Waals surface area (Å²) in [5.41, 5.74) is 0.137. The highest BCUT2D eigenvalue weighted by Gasteiger charge is 2.12. The predicted molar refractivity (Wildman–Crippen MR) is 68.3 cm³/mol. The van der Waals surface area contributed by atoms with Crippen molar-refractivity contribution in [3.63, 3.8) is 0 Å². The van der Waals surface area contributed by atoms with Crippen molar-refractivity contribution in [2.24, 2.45) is 0 Å². The third-order valence-corrected chi connectivity index (χ3v) is 2.87. The lowest BCUT2D eigenvalue weighted by molar-refractivity contribution is 0.170. The first-order valence-electron chi connectivity index (χ1n) is 6.49. The lowest BCUT2D eigenvalue weighted by Gasteiger charge is -2.13. The number of aliphatic hydroxyl groups excluding tert-OH is 1. The maximum absolute atomic E-state index is 13.3. The molecule has 2 nitrogen and oxygen atoms in total. The monoisotopic (exact) mass is 257 g/mol. The molecule has 2 N–H and O–H groups in total. The molecule has 0 amide bonds. The molecule has 1 aromatic rings. The van der Waals surface area contributed by atoms with E-state index in [1.807, 2.05) is 0 Å². The Balaban J connectivity index is 2.29. The molecule has 0 fully saturated rings. The maximum atomic E-state index is 13.3. The molecule has 0 radical (unpaired) electrons. The standard InChI is InChI=1S/C14H21F2NO/c1-2-3-4-5-8-17-10-14(18)12-7-6-11(15)9-13(12)16/h6-7,9,14,17-18H,2-5,8,10H2,1H3. The van der Waals surface area contributed by atoms with Crippen LogP contribution >= 0.6 is 0 Å². The zero-order valence-corrected chi connectivity index (χ0v) is 10.8. The molecule has 102 valence electrons. The van der Waals surface area contributed by atoms with E-state index in [0.717, 1.165) is 31.5 Å². The van der Waals surface area contributed by atoms with Crippen LogP contribution in [0.5, 0.6) is 0 Å². The smallest absolute Gasteiger partial charge is 0.131 e. The summed E-state index contributed by atoms with van der Waals surface area (Å²) in [7, 11) is 0. The van der Waals surface area contributed by atoms with Gasteiger partial charge in [-0.1, -0.05) is 32.3 Å². The van der Waals surface area contributed by atoms with E-state index in [2.05, 4.69) is 12.2 Å². The van der Waals surface area contributed by atoms with Gasteiger partial charge in [0.05, 0.1) is 6.10 Å². The first-order valence-corrected chi connectivity index (χ1v) is 6.49. The van der Waals surface area contributed by atoms with Crippen molar-refractivity contribution in [1.29, 1.82) is 0 Å². The van der Waals surface area contributed by atoms with E-state index >= 15 is 0 Å². The van der Waals surface area contributed by atoms with Crippen molar-refractivity contribution >= 4 is 0 Å². The van der Waals surface area contributed by atoms with Gasteiger partial charge in [-0.15, -0.1) is 0 Å². The normalized spacial score (nSPS) is 12.7. The maximum Gasteiger partial charge on any atom is 0.131 e. The van der Waals surface area contributed by atoms with Gasteiger partial charge in [0.15, 0.2) is 0 Å². The van der Waals surface area contributed by atoms with Crippen molar-refractivity contribution in [1.82, 2.24) is 5.32 Å². The van der Waals surface area contributed by atoms with Crippen molar-refractivity contribution < 1.29 is 13.9 Å². The molecule has 0 aliphatic heterocycles. The van der Waals surface area contributed by atoms with Crippen molar-refractivity contribution in [3.05, 3.63) is 35.4 Å². The van der Waals surface area contributed by atoms with Crippen LogP contribution in [0.25, 0.3) is 0 Å². The van der Waals surface area contributed by atoms with Gasteiger partial charge >= 0.3 is 0 Å². The third-order valence-electron chi connectivity index (χ3n) is 2.87. The molecule has 0 aliphatic rings. The molecular formula is C14H21F2NO. The molecule has 0 saturated carbocycles. The van der Waals surface area contributed by atoms with Crippen LogP contribution in [0.1, 0.15) is 44.3 Å². The van der Waals surface area contributed by atoms with Gasteiger partial charge in [-0.25, -0.2) is 8.78 Å². The van der Waals surface area contributed by atoms with E-state index in [4.69, 9.17) is 0 Å². The minimum Gasteiger partial charge on any atom is -0.387 e. The van der Waals surface area contributed by atoms with Crippen LogP contribution in [-0.2, 0) is 0 Å². The Hall–Kier alpha value is -1.00. The van der Waals surface area contributed by atoms with E-state index in [-0.39, 0.29) is 12.1 Å². The van der Waals surface area contributed by atoms with E-state index in [1.165, 1.54) is 18.9 Å². The minimum atomic E-state index is -0.934. The summed E-state index contributed by atoms with van der Waals surface area (Å²) in [4.78, 5) is 0. The summed E-state index contributed by atoms with van der Waals surface area (Å²) in [5.74, 6) is -1.33. The molecule has 0 aliphatic carbocycles. The van der Waals surface area contributed by atoms with Crippen molar-refractivity contribution in [2.45, 2.75) is 38.7 Å². The largest absolute Gasteiger partial charge is 0.387 e. The fourth-order valence-electron chi connectivity index (χ4n) is 1.80. The zero-order chi connectivity index (χ0) is 13.4. The Kier molecular flexibility index (Phi) is 6.83. The number of nitrogens with one attached hydrogen (secondary N) is 1. The fraction of sp³-hybridized carbons (Fsp3) is 0.571. The summed E-state index contributed by atoms with van der Waals surface area (Å²) in [6, 6.07) is 3.23. The predicted octanol–water partition coefficient (Wildman–Crippen LogP) is 3.17. The van der Waals surface area contributed by atoms with Crippen LogP contribution in [0.2, 0.25) is 0 Å². The van der Waals surface area contributed by atoms with Gasteiger partial charge in [-0.05, 0) is 19.0 Å². The van der Waals surface area contributed by atoms with Crippen LogP contribution in [0.4, 0.5) is 8.78 Å². The van der Waals surface area contributed by atoms with E-state index in [9.17, 15) is 13.9 Å². The average molecular weight is 257 g/mol. The van der Waals surface area contributed by atoms with Gasteiger partial charge in [0.1, 0.15) is 11.6 Å². The molecular weight excluding hydrogens is 236 g/mol. The number of unbranched alkanes of at least 4 members (excludes halogenated alkanes) is 3. The van der Waals surface area contributed by atoms with Crippen LogP contribution < -0.4 is 5.32 Å². The van der Waals surface area contributed by atoms with Gasteiger partial charge in [-0.3, -0.25) is 0 Å². The Morgan fingerprint density at radius 1 is 1.22 bits per heavy atom. The average Bonchev–Trinajstić information content (AvgIpc) is 2.33. The summed E-state index contributed by atoms with van der Waals surface area (Å²) >= 11 is 0. The summed E-state index contributed by atoms with van der Waals surface area (Å²) < 4.78 is 26.0. The molecule has 0 bridgehead atoms. The molecule has 0 heterocycles. The Morgan fingerprint density at radius 2 is 2.00 bits per heavy atom. The molecule has 0 aromatic heterocycles. The Morgan fingerprint density at radius 3 is 2.67 bits per heavy atom. The quantitative estimate of drug-likeness (QED) is 0.701. The van der Waals surface area contributed by atoms with Crippen LogP contribution in [0, 0.1) is 11.6 Å². The highest BCUT2D eigenvalue weighted by Crippen LogP contribution is 2.17. The fourth-order valence-corrected chi connectivity index (χ4v) is 1.80. The van der Waals surface area contributed by atoms with Gasteiger partial charge in [0.2, 0.25) is 0 Å². The summed E-state index contributed by atoms with van der Waals surface area (Å²) in [5, 5.41) is 12.8. The zero-order valence-electron chi connectivity index (χ0n) is 10.8. The van der Waals surface area contributed by atoms with Crippen LogP contribution in [0.15, 0.2) is 18.2 Å². The summed E-state index contributed by atoms with van der Waals surface area (Å²) in [6.07, 6.45) is 3.66. The highest BCUT2D eigenvalue weighted by molar-refractivity contribution is 5.21. The minimum absolute atomic E-state index is 0.137. The second kappa shape index (κ2) is 8.16. The molecule has 1 rings (SSSR count). The topological polar surface area (TPSA) is 32.3 Å². The van der Waals surface area contributed by atoms with Gasteiger partial charge < -0.3 is 10.4 Å². The molecule has 0 spiro atoms. The number of halogens is 2. The number of hydrogen-bond acceptors (Lipinski definition) is 2. The molecule has 1 unspecified atom stereocenters. The number of benzene rings is 1. The van der Waals surface area contributed by atoms with Crippen molar-refractivity contribution in [2.75, 3.05) is 13.1 Å². The molecule has 0 saturated heterocycles. The van der Waals surface area contributed by atoms with Crippen molar-refractivity contribution in [3.8, 4) is 0 Å². The lowest BCUT2D eigenvalue weighted by Crippen LogP contribution is -2.23. The summed E-state index contributed by atoms with van der Waals surface area (Å²) in [6.45, 7) is 3.24. The van der Waals surface area contributed by atoms with Gasteiger partial charge in [0.25, 0.3) is 0 Å². The third kappa shape index (κ3) is 5.10. The van der Waals surface area contributed by atoms with E-state index < -0.39 is 17.7 Å². The highest BCUT2D eigenvalue weighted by atomic mass is 19.1. The number of aliphatic hydroxyl groups is 1. The first-order chi connectivity index (χ1) is 8.65. The SMILES string of the molecule is CCCCCCNCC(O)c1ccc(F)cc1F. The van der Waals surface area contributed by atoms with Crippen LogP contribution in [-0.4, -0.2) is 18.2 Å². The lowest BCUT2D eigenvalue weighted by atomic mass is 10.1. The van der Waals surface area contributed by atoms with Crippen LogP contribution in [0.3, 0.4) is 0 Å². The Bertz CT molecular complexity index is 358. The van der Waals surface area contributed by atoms with Gasteiger partial charge in [0, 0.05) is 18.2 Å². The van der Waals surface area contributed by atoms with Gasteiger partial charge in [-0.2, -0.15) is 0 Å². The first kappa shape index (κ1) is 15.1. The van der Waals surface area contributed by atoms with E-state index in [0.29, 0.717) is 0 Å². The second-order valence-corrected chi connectivity index (χ2v) is 4.45. The molecule has 18 heavy (non-hydrogen) atoms. The molecule has 4 heteroatoms. The second-order valence-electron chi connectivity index (χ2n) is 4.45. The number of hydrogen-bond donors (Lipinski definition) is 2. The molecule has 1 aromatic carbocycles. The molecule has 1 atom stereocenters. The van der Waals surface area contributed by atoms with E-state index in [1.54, 1.807) is 0 Å².